The molecule has 1 aromatic carbocycles. The van der Waals surface area contributed by atoms with Crippen molar-refractivity contribution in [3.8, 4) is 0 Å². The molecule has 3 rings (SSSR count). The predicted molar refractivity (Wildman–Crippen MR) is 104 cm³/mol. The van der Waals surface area contributed by atoms with Crippen LogP contribution in [0.5, 0.6) is 0 Å². The maximum Gasteiger partial charge on any atom is 0.240 e. The van der Waals surface area contributed by atoms with Gasteiger partial charge in [0.1, 0.15) is 0 Å². The minimum absolute atomic E-state index is 0.372. The number of piperidine rings is 1. The molecule has 1 aromatic rings. The van der Waals surface area contributed by atoms with Crippen LogP contribution >= 0.6 is 0 Å². The van der Waals surface area contributed by atoms with Crippen molar-refractivity contribution >= 4 is 10.0 Å². The molecule has 2 fully saturated rings. The third kappa shape index (κ3) is 5.28. The first kappa shape index (κ1) is 19.8. The quantitative estimate of drug-likeness (QED) is 0.790. The molecule has 0 aliphatic carbocycles. The molecule has 0 spiro atoms. The molecule has 0 amide bonds. The van der Waals surface area contributed by atoms with Gasteiger partial charge in [0.25, 0.3) is 0 Å². The third-order valence-electron chi connectivity index (χ3n) is 5.69. The molecule has 2 aliphatic rings. The Labute approximate surface area is 158 Å². The van der Waals surface area contributed by atoms with Gasteiger partial charge in [0, 0.05) is 25.8 Å². The topological polar surface area (TPSA) is 58.6 Å². The van der Waals surface area contributed by atoms with Gasteiger partial charge < -0.3 is 9.64 Å². The summed E-state index contributed by atoms with van der Waals surface area (Å²) in [5, 5.41) is 0. The van der Waals surface area contributed by atoms with Crippen molar-refractivity contribution in [3.63, 3.8) is 0 Å². The summed E-state index contributed by atoms with van der Waals surface area (Å²) in [4.78, 5) is 2.94. The highest BCUT2D eigenvalue weighted by molar-refractivity contribution is 7.89. The Morgan fingerprint density at radius 1 is 1.08 bits per heavy atom. The van der Waals surface area contributed by atoms with Crippen molar-refractivity contribution in [3.05, 3.63) is 29.8 Å². The highest BCUT2D eigenvalue weighted by Gasteiger charge is 2.27. The Morgan fingerprint density at radius 2 is 1.73 bits per heavy atom. The number of sulfonamides is 1. The number of nitrogens with zero attached hydrogens (tertiary/aromatic N) is 1. The average molecular weight is 381 g/mol. The van der Waals surface area contributed by atoms with E-state index in [9.17, 15) is 8.42 Å². The molecule has 0 saturated carbocycles. The van der Waals surface area contributed by atoms with Crippen LogP contribution in [0.1, 0.15) is 44.6 Å². The fourth-order valence-corrected chi connectivity index (χ4v) is 5.12. The van der Waals surface area contributed by atoms with E-state index in [0.717, 1.165) is 64.8 Å². The summed E-state index contributed by atoms with van der Waals surface area (Å²) in [5.41, 5.74) is 1.19. The molecule has 1 N–H and O–H groups in total. The summed E-state index contributed by atoms with van der Waals surface area (Å²) in [6.07, 6.45) is 6.44. The second-order valence-corrected chi connectivity index (χ2v) is 9.34. The van der Waals surface area contributed by atoms with Crippen molar-refractivity contribution in [2.24, 2.45) is 5.92 Å². The molecule has 5 nitrogen and oxygen atoms in total. The van der Waals surface area contributed by atoms with Crippen molar-refractivity contribution in [1.29, 1.82) is 0 Å². The average Bonchev–Trinajstić information content (AvgIpc) is 2.68. The molecular weight excluding hydrogens is 348 g/mol. The summed E-state index contributed by atoms with van der Waals surface area (Å²) in [5.74, 6) is 0.431. The van der Waals surface area contributed by atoms with E-state index < -0.39 is 10.0 Å². The summed E-state index contributed by atoms with van der Waals surface area (Å²) in [7, 11) is -3.41. The van der Waals surface area contributed by atoms with E-state index in [1.54, 1.807) is 12.1 Å². The first-order chi connectivity index (χ1) is 12.6. The molecule has 26 heavy (non-hydrogen) atoms. The zero-order chi connectivity index (χ0) is 18.4. The molecule has 2 aliphatic heterocycles. The summed E-state index contributed by atoms with van der Waals surface area (Å²) in [6, 6.07) is 7.94. The van der Waals surface area contributed by atoms with E-state index in [1.165, 1.54) is 5.56 Å². The minimum atomic E-state index is -3.41. The monoisotopic (exact) mass is 380 g/mol. The molecule has 0 radical (unpaired) electrons. The van der Waals surface area contributed by atoms with Gasteiger partial charge in [-0.15, -0.1) is 0 Å². The molecule has 0 unspecified atom stereocenters. The standard InChI is InChI=1S/C20H32N2O3S/c1-2-3-17-4-6-20(7-5-17)26(23,24)21-16-18-8-12-22(13-9-18)19-10-14-25-15-11-19/h4-7,18-19,21H,2-3,8-16H2,1H3. The lowest BCUT2D eigenvalue weighted by molar-refractivity contribution is 0.0214. The fourth-order valence-electron chi connectivity index (χ4n) is 4.01. The Balaban J connectivity index is 1.46. The van der Waals surface area contributed by atoms with E-state index in [2.05, 4.69) is 16.5 Å². The lowest BCUT2D eigenvalue weighted by Gasteiger charge is -2.39. The van der Waals surface area contributed by atoms with E-state index >= 15 is 0 Å². The Bertz CT molecular complexity index is 646. The van der Waals surface area contributed by atoms with Crippen molar-refractivity contribution in [2.45, 2.75) is 56.4 Å². The van der Waals surface area contributed by atoms with Crippen LogP contribution in [0.15, 0.2) is 29.2 Å². The highest BCUT2D eigenvalue weighted by Crippen LogP contribution is 2.23. The van der Waals surface area contributed by atoms with Gasteiger partial charge in [-0.25, -0.2) is 13.1 Å². The molecule has 2 saturated heterocycles. The van der Waals surface area contributed by atoms with Crippen LogP contribution in [0, 0.1) is 5.92 Å². The Kier molecular flexibility index (Phi) is 7.09. The lowest BCUT2D eigenvalue weighted by atomic mass is 9.94. The number of hydrogen-bond acceptors (Lipinski definition) is 4. The molecule has 0 bridgehead atoms. The predicted octanol–water partition coefficient (Wildman–Crippen LogP) is 2.81. The largest absolute Gasteiger partial charge is 0.381 e. The second-order valence-electron chi connectivity index (χ2n) is 7.57. The maximum atomic E-state index is 12.5. The zero-order valence-electron chi connectivity index (χ0n) is 15.8. The van der Waals surface area contributed by atoms with Gasteiger partial charge >= 0.3 is 0 Å². The fraction of sp³-hybridized carbons (Fsp3) is 0.700. The number of likely N-dealkylation sites (tertiary alicyclic amines) is 1. The Morgan fingerprint density at radius 3 is 2.35 bits per heavy atom. The number of rotatable bonds is 7. The molecular formula is C20H32N2O3S. The van der Waals surface area contributed by atoms with Crippen LogP contribution in [-0.2, 0) is 21.2 Å². The normalized spacial score (nSPS) is 21.1. The summed E-state index contributed by atoms with van der Waals surface area (Å²) in [6.45, 7) is 6.56. The van der Waals surface area contributed by atoms with Crippen LogP contribution in [0.2, 0.25) is 0 Å². The Hall–Kier alpha value is -0.950. The van der Waals surface area contributed by atoms with Gasteiger partial charge in [-0.3, -0.25) is 0 Å². The lowest BCUT2D eigenvalue weighted by Crippen LogP contribution is -2.45. The minimum Gasteiger partial charge on any atom is -0.381 e. The molecule has 6 heteroatoms. The molecule has 146 valence electrons. The van der Waals surface area contributed by atoms with E-state index in [-0.39, 0.29) is 0 Å². The van der Waals surface area contributed by atoms with Crippen molar-refractivity contribution in [1.82, 2.24) is 9.62 Å². The van der Waals surface area contributed by atoms with E-state index in [4.69, 9.17) is 4.74 Å². The third-order valence-corrected chi connectivity index (χ3v) is 7.13. The smallest absolute Gasteiger partial charge is 0.240 e. The first-order valence-corrected chi connectivity index (χ1v) is 11.5. The number of benzene rings is 1. The van der Waals surface area contributed by atoms with Crippen LogP contribution in [-0.4, -0.2) is 52.2 Å². The van der Waals surface area contributed by atoms with E-state index in [0.29, 0.717) is 23.4 Å². The molecule has 0 aromatic heterocycles. The maximum absolute atomic E-state index is 12.5. The van der Waals surface area contributed by atoms with Gasteiger partial charge in [-0.1, -0.05) is 25.5 Å². The van der Waals surface area contributed by atoms with Gasteiger partial charge in [-0.2, -0.15) is 0 Å². The van der Waals surface area contributed by atoms with Crippen LogP contribution in [0.3, 0.4) is 0 Å². The SMILES string of the molecule is CCCc1ccc(S(=O)(=O)NCC2CCN(C3CCOCC3)CC2)cc1. The van der Waals surface area contributed by atoms with Gasteiger partial charge in [0.2, 0.25) is 10.0 Å². The number of hydrogen-bond donors (Lipinski definition) is 1. The van der Waals surface area contributed by atoms with Gasteiger partial charge in [0.05, 0.1) is 4.90 Å². The highest BCUT2D eigenvalue weighted by atomic mass is 32.2. The van der Waals surface area contributed by atoms with Gasteiger partial charge in [-0.05, 0) is 68.8 Å². The molecule has 2 heterocycles. The summed E-state index contributed by atoms with van der Waals surface area (Å²) >= 11 is 0. The van der Waals surface area contributed by atoms with Crippen LogP contribution < -0.4 is 4.72 Å². The number of aryl methyl sites for hydroxylation is 1. The van der Waals surface area contributed by atoms with Gasteiger partial charge in [0.15, 0.2) is 0 Å². The number of nitrogens with one attached hydrogen (secondary N) is 1. The number of ether oxygens (including phenoxy) is 1. The van der Waals surface area contributed by atoms with Crippen LogP contribution in [0.25, 0.3) is 0 Å². The molecule has 0 atom stereocenters. The van der Waals surface area contributed by atoms with Crippen LogP contribution in [0.4, 0.5) is 0 Å². The van der Waals surface area contributed by atoms with Crippen molar-refractivity contribution in [2.75, 3.05) is 32.8 Å². The first-order valence-electron chi connectivity index (χ1n) is 9.99. The zero-order valence-corrected chi connectivity index (χ0v) is 16.6. The summed E-state index contributed by atoms with van der Waals surface area (Å²) < 4.78 is 33.3. The van der Waals surface area contributed by atoms with Crippen molar-refractivity contribution < 1.29 is 13.2 Å². The second kappa shape index (κ2) is 9.31. The van der Waals surface area contributed by atoms with E-state index in [1.807, 2.05) is 12.1 Å².